The maximum Gasteiger partial charge on any atom is 0.306 e. The first-order chi connectivity index (χ1) is 30.6. The molecule has 0 rings (SSSR count). The van der Waals surface area contributed by atoms with E-state index in [9.17, 15) is 9.59 Å². The summed E-state index contributed by atoms with van der Waals surface area (Å²) in [6, 6.07) is 0. The van der Waals surface area contributed by atoms with Gasteiger partial charge in [0.15, 0.2) is 6.10 Å². The Balaban J connectivity index is 4.31. The zero-order chi connectivity index (χ0) is 44.9. The van der Waals surface area contributed by atoms with Gasteiger partial charge >= 0.3 is 11.9 Å². The molecule has 0 bridgehead atoms. The summed E-state index contributed by atoms with van der Waals surface area (Å²) in [5.41, 5.74) is 0. The van der Waals surface area contributed by atoms with E-state index >= 15 is 0 Å². The smallest absolute Gasteiger partial charge is 0.306 e. The molecule has 0 amide bonds. The molecule has 1 unspecified atom stereocenters. The van der Waals surface area contributed by atoms with Gasteiger partial charge < -0.3 is 14.2 Å². The van der Waals surface area contributed by atoms with Crippen molar-refractivity contribution in [1.82, 2.24) is 0 Å². The van der Waals surface area contributed by atoms with Crippen molar-refractivity contribution in [2.24, 2.45) is 0 Å². The number of rotatable bonds is 48. The van der Waals surface area contributed by atoms with Gasteiger partial charge in [0, 0.05) is 19.4 Å². The van der Waals surface area contributed by atoms with Crippen molar-refractivity contribution >= 4 is 11.9 Å². The molecule has 0 aromatic rings. The number of allylic oxidation sites excluding steroid dienone is 12. The van der Waals surface area contributed by atoms with Gasteiger partial charge in [-0.15, -0.1) is 0 Å². The SMILES string of the molecule is CC/C=C\C/C=C\C/C=C\C/C=C\CCCCCOCC(COC(=O)CCCCCCCCCCCCCCCCCCC)OC(=O)CCCCCCC/C=C\C/C=C\CCC. The molecule has 5 nitrogen and oxygen atoms in total. The number of hydrogen-bond donors (Lipinski definition) is 0. The minimum Gasteiger partial charge on any atom is -0.462 e. The zero-order valence-corrected chi connectivity index (χ0v) is 41.1. The fourth-order valence-corrected chi connectivity index (χ4v) is 7.30. The van der Waals surface area contributed by atoms with Crippen molar-refractivity contribution in [2.45, 2.75) is 258 Å². The van der Waals surface area contributed by atoms with E-state index in [1.54, 1.807) is 0 Å². The van der Waals surface area contributed by atoms with Gasteiger partial charge in [-0.2, -0.15) is 0 Å². The Morgan fingerprint density at radius 3 is 1.23 bits per heavy atom. The highest BCUT2D eigenvalue weighted by atomic mass is 16.6. The summed E-state index contributed by atoms with van der Waals surface area (Å²) in [6.45, 7) is 7.59. The minimum absolute atomic E-state index is 0.0667. The van der Waals surface area contributed by atoms with E-state index in [0.29, 0.717) is 19.4 Å². The summed E-state index contributed by atoms with van der Waals surface area (Å²) in [4.78, 5) is 25.4. The highest BCUT2D eigenvalue weighted by Gasteiger charge is 2.17. The Hall–Kier alpha value is -2.66. The van der Waals surface area contributed by atoms with Crippen LogP contribution >= 0.6 is 0 Å². The molecule has 0 saturated heterocycles. The van der Waals surface area contributed by atoms with E-state index in [1.165, 1.54) is 116 Å². The molecule has 0 aromatic carbocycles. The van der Waals surface area contributed by atoms with Crippen LogP contribution in [0.2, 0.25) is 0 Å². The normalized spacial score (nSPS) is 12.8. The molecule has 0 aliphatic carbocycles. The molecule has 62 heavy (non-hydrogen) atoms. The standard InChI is InChI=1S/C57H100O5/c1-4-7-10-13-16-19-22-25-27-29-30-33-35-38-41-44-47-50-56(58)61-54-55(62-57(59)51-48-45-42-39-36-32-24-21-18-15-12-9-6-3)53-60-52-49-46-43-40-37-34-31-28-26-23-20-17-14-11-8-5-2/h8,11-12,15,17,20-21,24,26,28,34,37,55H,4-7,9-10,13-14,16,18-19,22-23,25,27,29-33,35-36,38-54H2,1-3H3/b11-8-,15-12-,20-17-,24-21-,28-26-,37-34-. The van der Waals surface area contributed by atoms with Crippen LogP contribution in [0.15, 0.2) is 72.9 Å². The summed E-state index contributed by atoms with van der Waals surface area (Å²) in [7, 11) is 0. The van der Waals surface area contributed by atoms with Crippen LogP contribution in [0.5, 0.6) is 0 Å². The molecule has 0 N–H and O–H groups in total. The van der Waals surface area contributed by atoms with Crippen LogP contribution in [0, 0.1) is 0 Å². The lowest BCUT2D eigenvalue weighted by molar-refractivity contribution is -0.163. The lowest BCUT2D eigenvalue weighted by Crippen LogP contribution is -2.30. The number of carbonyl (C=O) groups excluding carboxylic acids is 2. The Bertz CT molecular complexity index is 1110. The van der Waals surface area contributed by atoms with Crippen LogP contribution in [-0.4, -0.2) is 37.9 Å². The summed E-state index contributed by atoms with van der Waals surface area (Å²) in [6.07, 6.45) is 67.7. The molecule has 0 spiro atoms. The number of esters is 2. The largest absolute Gasteiger partial charge is 0.462 e. The summed E-state index contributed by atoms with van der Waals surface area (Å²) >= 11 is 0. The second kappa shape index (κ2) is 52.7. The fourth-order valence-electron chi connectivity index (χ4n) is 7.30. The average molecular weight is 865 g/mol. The summed E-state index contributed by atoms with van der Waals surface area (Å²) in [5, 5.41) is 0. The Morgan fingerprint density at radius 1 is 0.371 bits per heavy atom. The van der Waals surface area contributed by atoms with Gasteiger partial charge in [-0.1, -0.05) is 229 Å². The molecule has 0 aliphatic rings. The van der Waals surface area contributed by atoms with Crippen molar-refractivity contribution in [3.8, 4) is 0 Å². The van der Waals surface area contributed by atoms with Crippen LogP contribution in [0.1, 0.15) is 252 Å². The highest BCUT2D eigenvalue weighted by Crippen LogP contribution is 2.15. The first kappa shape index (κ1) is 59.3. The molecule has 0 aliphatic heterocycles. The third-order valence-corrected chi connectivity index (χ3v) is 11.2. The predicted molar refractivity (Wildman–Crippen MR) is 270 cm³/mol. The van der Waals surface area contributed by atoms with Crippen molar-refractivity contribution in [1.29, 1.82) is 0 Å². The van der Waals surface area contributed by atoms with Crippen molar-refractivity contribution < 1.29 is 23.8 Å². The Kier molecular flexibility index (Phi) is 50.4. The van der Waals surface area contributed by atoms with Crippen LogP contribution in [0.3, 0.4) is 0 Å². The van der Waals surface area contributed by atoms with E-state index in [-0.39, 0.29) is 25.2 Å². The molecule has 5 heteroatoms. The zero-order valence-electron chi connectivity index (χ0n) is 41.1. The average Bonchev–Trinajstić information content (AvgIpc) is 3.27. The fraction of sp³-hybridized carbons (Fsp3) is 0.754. The Morgan fingerprint density at radius 2 is 0.758 bits per heavy atom. The first-order valence-corrected chi connectivity index (χ1v) is 26.5. The molecular weight excluding hydrogens is 765 g/mol. The van der Waals surface area contributed by atoms with Gasteiger partial charge in [0.25, 0.3) is 0 Å². The van der Waals surface area contributed by atoms with E-state index in [1.807, 2.05) is 0 Å². The lowest BCUT2D eigenvalue weighted by Gasteiger charge is -2.18. The van der Waals surface area contributed by atoms with Gasteiger partial charge in [0.2, 0.25) is 0 Å². The molecule has 0 saturated carbocycles. The van der Waals surface area contributed by atoms with Crippen molar-refractivity contribution in [3.05, 3.63) is 72.9 Å². The first-order valence-electron chi connectivity index (χ1n) is 26.5. The van der Waals surface area contributed by atoms with Crippen LogP contribution < -0.4 is 0 Å². The molecule has 1 atom stereocenters. The van der Waals surface area contributed by atoms with Gasteiger partial charge in [-0.3, -0.25) is 9.59 Å². The predicted octanol–water partition coefficient (Wildman–Crippen LogP) is 17.9. The van der Waals surface area contributed by atoms with Crippen LogP contribution in [-0.2, 0) is 23.8 Å². The number of carbonyl (C=O) groups is 2. The number of hydrogen-bond acceptors (Lipinski definition) is 5. The quantitative estimate of drug-likeness (QED) is 0.0346. The minimum atomic E-state index is -0.560. The topological polar surface area (TPSA) is 61.8 Å². The van der Waals surface area contributed by atoms with E-state index < -0.39 is 6.10 Å². The maximum atomic E-state index is 12.8. The van der Waals surface area contributed by atoms with Gasteiger partial charge in [-0.25, -0.2) is 0 Å². The third-order valence-electron chi connectivity index (χ3n) is 11.2. The van der Waals surface area contributed by atoms with Gasteiger partial charge in [-0.05, 0) is 83.5 Å². The van der Waals surface area contributed by atoms with Crippen LogP contribution in [0.25, 0.3) is 0 Å². The van der Waals surface area contributed by atoms with E-state index in [4.69, 9.17) is 14.2 Å². The second-order valence-corrected chi connectivity index (χ2v) is 17.4. The molecule has 0 radical (unpaired) electrons. The molecule has 358 valence electrons. The van der Waals surface area contributed by atoms with Crippen LogP contribution in [0.4, 0.5) is 0 Å². The molecule has 0 aromatic heterocycles. The lowest BCUT2D eigenvalue weighted by atomic mass is 10.0. The van der Waals surface area contributed by atoms with Crippen molar-refractivity contribution in [2.75, 3.05) is 19.8 Å². The van der Waals surface area contributed by atoms with Gasteiger partial charge in [0.1, 0.15) is 6.61 Å². The van der Waals surface area contributed by atoms with E-state index in [2.05, 4.69) is 93.7 Å². The molecule has 0 fully saturated rings. The molecule has 0 heterocycles. The molecular formula is C57H100O5. The highest BCUT2D eigenvalue weighted by molar-refractivity contribution is 5.70. The van der Waals surface area contributed by atoms with E-state index in [0.717, 1.165) is 103 Å². The number of ether oxygens (including phenoxy) is 3. The second-order valence-electron chi connectivity index (χ2n) is 17.4. The third kappa shape index (κ3) is 50.0. The summed E-state index contributed by atoms with van der Waals surface area (Å²) < 4.78 is 17.4. The maximum absolute atomic E-state index is 12.8. The van der Waals surface area contributed by atoms with Crippen molar-refractivity contribution in [3.63, 3.8) is 0 Å². The monoisotopic (exact) mass is 865 g/mol. The Labute approximate surface area is 385 Å². The number of unbranched alkanes of at least 4 members (excludes halogenated alkanes) is 25. The van der Waals surface area contributed by atoms with Gasteiger partial charge in [0.05, 0.1) is 6.61 Å². The summed E-state index contributed by atoms with van der Waals surface area (Å²) in [5.74, 6) is -0.425.